The van der Waals surface area contributed by atoms with Crippen LogP contribution in [0.4, 0.5) is 8.78 Å². The molecule has 0 radical (unpaired) electrons. The van der Waals surface area contributed by atoms with Gasteiger partial charge in [0.15, 0.2) is 11.5 Å². The van der Waals surface area contributed by atoms with Crippen molar-refractivity contribution in [1.82, 2.24) is 20.3 Å². The Labute approximate surface area is 195 Å². The van der Waals surface area contributed by atoms with Gasteiger partial charge < -0.3 is 18.4 Å². The van der Waals surface area contributed by atoms with E-state index in [-0.39, 0.29) is 11.5 Å². The fourth-order valence-corrected chi connectivity index (χ4v) is 3.55. The van der Waals surface area contributed by atoms with Gasteiger partial charge in [-0.15, -0.1) is 10.2 Å². The summed E-state index contributed by atoms with van der Waals surface area (Å²) < 4.78 is 46.5. The van der Waals surface area contributed by atoms with Crippen LogP contribution in [0.3, 0.4) is 0 Å². The van der Waals surface area contributed by atoms with Gasteiger partial charge >= 0.3 is 6.61 Å². The fraction of sp³-hybridized carbons (Fsp3) is 0.292. The molecule has 2 heterocycles. The van der Waals surface area contributed by atoms with E-state index in [9.17, 15) is 8.78 Å². The highest BCUT2D eigenvalue weighted by Crippen LogP contribution is 2.34. The Balaban J connectivity index is 1.47. The van der Waals surface area contributed by atoms with Crippen LogP contribution in [0.15, 0.2) is 57.5 Å². The molecule has 0 bridgehead atoms. The number of hydrogen-bond acceptors (Lipinski definition) is 8. The first-order valence-electron chi connectivity index (χ1n) is 10.7. The maximum Gasteiger partial charge on any atom is 0.387 e. The predicted molar refractivity (Wildman–Crippen MR) is 119 cm³/mol. The smallest absolute Gasteiger partial charge is 0.387 e. The van der Waals surface area contributed by atoms with E-state index in [1.54, 1.807) is 26.0 Å². The van der Waals surface area contributed by atoms with Crippen LogP contribution < -0.4 is 9.47 Å². The van der Waals surface area contributed by atoms with Crippen LogP contribution in [0, 0.1) is 6.92 Å². The average molecular weight is 470 g/mol. The summed E-state index contributed by atoms with van der Waals surface area (Å²) in [5.41, 5.74) is 3.03. The molecule has 4 aromatic rings. The number of aryl methyl sites for hydroxylation is 1. The van der Waals surface area contributed by atoms with E-state index in [2.05, 4.69) is 20.1 Å². The molecule has 34 heavy (non-hydrogen) atoms. The van der Waals surface area contributed by atoms with Gasteiger partial charge in [-0.05, 0) is 38.6 Å². The average Bonchev–Trinajstić information content (AvgIpc) is 3.42. The van der Waals surface area contributed by atoms with Crippen LogP contribution in [0.2, 0.25) is 0 Å². The first-order valence-corrected chi connectivity index (χ1v) is 10.7. The summed E-state index contributed by atoms with van der Waals surface area (Å²) in [7, 11) is 1.88. The molecule has 0 fully saturated rings. The zero-order chi connectivity index (χ0) is 24.1. The lowest BCUT2D eigenvalue weighted by atomic mass is 10.1. The molecule has 0 aliphatic carbocycles. The van der Waals surface area contributed by atoms with Crippen LogP contribution in [0.25, 0.3) is 22.7 Å². The van der Waals surface area contributed by atoms with E-state index in [1.165, 1.54) is 6.07 Å². The molecule has 0 aliphatic heterocycles. The quantitative estimate of drug-likeness (QED) is 0.307. The minimum Gasteiger partial charge on any atom is -0.490 e. The summed E-state index contributed by atoms with van der Waals surface area (Å²) in [5, 5.41) is 12.5. The molecule has 178 valence electrons. The Kier molecular flexibility index (Phi) is 7.17. The number of halogens is 2. The highest BCUT2D eigenvalue weighted by atomic mass is 19.3. The third kappa shape index (κ3) is 5.40. The molecule has 0 saturated carbocycles. The topological polar surface area (TPSA) is 86.7 Å². The molecule has 0 spiro atoms. The van der Waals surface area contributed by atoms with Gasteiger partial charge in [0, 0.05) is 12.1 Å². The molecular weight excluding hydrogens is 446 g/mol. The summed E-state index contributed by atoms with van der Waals surface area (Å²) in [5.74, 6) is 1.60. The third-order valence-corrected chi connectivity index (χ3v) is 4.97. The van der Waals surface area contributed by atoms with Crippen molar-refractivity contribution in [2.24, 2.45) is 0 Å². The van der Waals surface area contributed by atoms with Gasteiger partial charge in [0.1, 0.15) is 17.0 Å². The first kappa shape index (κ1) is 23.4. The van der Waals surface area contributed by atoms with Gasteiger partial charge in [-0.25, -0.2) is 0 Å². The van der Waals surface area contributed by atoms with Gasteiger partial charge in [0.2, 0.25) is 5.89 Å². The van der Waals surface area contributed by atoms with Crippen molar-refractivity contribution < 1.29 is 27.2 Å². The van der Waals surface area contributed by atoms with Gasteiger partial charge in [0.25, 0.3) is 5.89 Å². The fourth-order valence-electron chi connectivity index (χ4n) is 3.55. The summed E-state index contributed by atoms with van der Waals surface area (Å²) in [4.78, 5) is 1.95. The molecule has 10 heteroatoms. The number of aromatic nitrogens is 3. The second-order valence-electron chi connectivity index (χ2n) is 7.59. The second-order valence-corrected chi connectivity index (χ2v) is 7.59. The number of hydrogen-bond donors (Lipinski definition) is 0. The van der Waals surface area contributed by atoms with Crippen molar-refractivity contribution in [2.75, 3.05) is 13.7 Å². The zero-order valence-electron chi connectivity index (χ0n) is 19.0. The van der Waals surface area contributed by atoms with Gasteiger partial charge in [-0.1, -0.05) is 41.6 Å². The van der Waals surface area contributed by atoms with Crippen molar-refractivity contribution in [2.45, 2.75) is 33.5 Å². The van der Waals surface area contributed by atoms with E-state index in [0.29, 0.717) is 48.5 Å². The third-order valence-electron chi connectivity index (χ3n) is 4.97. The van der Waals surface area contributed by atoms with Gasteiger partial charge in [-0.2, -0.15) is 8.78 Å². The molecule has 4 rings (SSSR count). The number of rotatable bonds is 10. The van der Waals surface area contributed by atoms with E-state index in [1.807, 2.05) is 42.3 Å². The minimum absolute atomic E-state index is 0.00288. The Bertz CT molecular complexity index is 1230. The number of nitrogens with zero attached hydrogens (tertiary/aromatic N) is 4. The summed E-state index contributed by atoms with van der Waals surface area (Å²) >= 11 is 0. The standard InChI is InChI=1S/C24H24F2N4O4/c1-4-31-19-12-16(10-11-18(19)32-24(25)26)13-30(3)14-20-27-28-23(33-20)21-15(2)34-29-22(21)17-8-6-5-7-9-17/h5-12,24H,4,13-14H2,1-3H3. The molecule has 8 nitrogen and oxygen atoms in total. The molecule has 0 unspecified atom stereocenters. The Morgan fingerprint density at radius 3 is 2.56 bits per heavy atom. The molecule has 0 amide bonds. The van der Waals surface area contributed by atoms with Crippen LogP contribution >= 0.6 is 0 Å². The number of alkyl halides is 2. The SMILES string of the molecule is CCOc1cc(CN(C)Cc2nnc(-c3c(-c4ccccc4)noc3C)o2)ccc1OC(F)F. The summed E-state index contributed by atoms with van der Waals surface area (Å²) in [6, 6.07) is 14.5. The summed E-state index contributed by atoms with van der Waals surface area (Å²) in [6.45, 7) is 1.85. The highest BCUT2D eigenvalue weighted by Gasteiger charge is 2.22. The van der Waals surface area contributed by atoms with Crippen LogP contribution in [0.1, 0.15) is 24.1 Å². The lowest BCUT2D eigenvalue weighted by Gasteiger charge is -2.17. The monoisotopic (exact) mass is 470 g/mol. The van der Waals surface area contributed by atoms with E-state index in [0.717, 1.165) is 11.1 Å². The van der Waals surface area contributed by atoms with Crippen molar-refractivity contribution in [3.63, 3.8) is 0 Å². The minimum atomic E-state index is -2.92. The largest absolute Gasteiger partial charge is 0.490 e. The van der Waals surface area contributed by atoms with Crippen molar-refractivity contribution in [3.8, 4) is 34.2 Å². The van der Waals surface area contributed by atoms with Gasteiger partial charge in [-0.3, -0.25) is 4.90 Å². The van der Waals surface area contributed by atoms with Crippen LogP contribution in [-0.4, -0.2) is 40.5 Å². The molecule has 0 aliphatic rings. The van der Waals surface area contributed by atoms with Crippen LogP contribution in [-0.2, 0) is 13.1 Å². The zero-order valence-corrected chi connectivity index (χ0v) is 19.0. The lowest BCUT2D eigenvalue weighted by molar-refractivity contribution is -0.0514. The van der Waals surface area contributed by atoms with Gasteiger partial charge in [0.05, 0.1) is 13.2 Å². The van der Waals surface area contributed by atoms with E-state index in [4.69, 9.17) is 13.7 Å². The normalized spacial score (nSPS) is 11.4. The summed E-state index contributed by atoms with van der Waals surface area (Å²) in [6.07, 6.45) is 0. The van der Waals surface area contributed by atoms with E-state index < -0.39 is 6.61 Å². The molecule has 0 saturated heterocycles. The number of ether oxygens (including phenoxy) is 2. The predicted octanol–water partition coefficient (Wildman–Crippen LogP) is 5.33. The maximum absolute atomic E-state index is 12.6. The van der Waals surface area contributed by atoms with Crippen molar-refractivity contribution in [1.29, 1.82) is 0 Å². The molecule has 0 N–H and O–H groups in total. The van der Waals surface area contributed by atoms with E-state index >= 15 is 0 Å². The Hall–Kier alpha value is -3.79. The van der Waals surface area contributed by atoms with Crippen molar-refractivity contribution in [3.05, 3.63) is 65.7 Å². The number of benzene rings is 2. The lowest BCUT2D eigenvalue weighted by Crippen LogP contribution is -2.17. The molecule has 2 aromatic heterocycles. The molecular formula is C24H24F2N4O4. The Morgan fingerprint density at radius 2 is 1.82 bits per heavy atom. The second kappa shape index (κ2) is 10.4. The van der Waals surface area contributed by atoms with Crippen LogP contribution in [0.5, 0.6) is 11.5 Å². The maximum atomic E-state index is 12.6. The molecule has 0 atom stereocenters. The first-order chi connectivity index (χ1) is 16.4. The Morgan fingerprint density at radius 1 is 1.03 bits per heavy atom. The highest BCUT2D eigenvalue weighted by molar-refractivity contribution is 5.77. The van der Waals surface area contributed by atoms with Crippen molar-refractivity contribution >= 4 is 0 Å². The molecule has 2 aromatic carbocycles.